The molecule has 134 valence electrons. The first kappa shape index (κ1) is 16.5. The third-order valence-corrected chi connectivity index (χ3v) is 4.74. The molecule has 1 aromatic carbocycles. The maximum absolute atomic E-state index is 12.5. The Kier molecular flexibility index (Phi) is 4.53. The largest absolute Gasteiger partial charge is 0.351 e. The van der Waals surface area contributed by atoms with E-state index >= 15 is 0 Å². The Morgan fingerprint density at radius 1 is 1.15 bits per heavy atom. The molecule has 7 nitrogen and oxygen atoms in total. The minimum atomic E-state index is -0.156. The molecule has 0 radical (unpaired) electrons. The summed E-state index contributed by atoms with van der Waals surface area (Å²) in [5, 5.41) is 7.34. The van der Waals surface area contributed by atoms with Gasteiger partial charge in [-0.1, -0.05) is 24.3 Å². The van der Waals surface area contributed by atoms with E-state index in [0.29, 0.717) is 18.9 Å². The Hall–Kier alpha value is -2.93. The number of carbonyl (C=O) groups is 1. The number of likely N-dealkylation sites (tertiary alicyclic amines) is 1. The first-order chi connectivity index (χ1) is 12.7. The Morgan fingerprint density at radius 2 is 1.96 bits per heavy atom. The highest BCUT2D eigenvalue weighted by Gasteiger charge is 2.26. The number of amides is 1. The van der Waals surface area contributed by atoms with Crippen molar-refractivity contribution in [3.8, 4) is 0 Å². The summed E-state index contributed by atoms with van der Waals surface area (Å²) < 4.78 is 3.00. The Bertz CT molecular complexity index is 963. The van der Waals surface area contributed by atoms with Gasteiger partial charge in [-0.3, -0.25) is 14.1 Å². The molecule has 0 bridgehead atoms. The van der Waals surface area contributed by atoms with Crippen molar-refractivity contribution in [2.24, 2.45) is 5.92 Å². The second-order valence-corrected chi connectivity index (χ2v) is 6.62. The number of hydrogen-bond donors (Lipinski definition) is 1. The van der Waals surface area contributed by atoms with Gasteiger partial charge >= 0.3 is 5.69 Å². The van der Waals surface area contributed by atoms with Crippen LogP contribution in [0.5, 0.6) is 0 Å². The van der Waals surface area contributed by atoms with Crippen LogP contribution in [0.2, 0.25) is 0 Å². The van der Waals surface area contributed by atoms with Crippen LogP contribution in [-0.4, -0.2) is 38.1 Å². The van der Waals surface area contributed by atoms with Crippen LogP contribution in [0.15, 0.2) is 59.5 Å². The van der Waals surface area contributed by atoms with Gasteiger partial charge in [0.15, 0.2) is 5.65 Å². The summed E-state index contributed by atoms with van der Waals surface area (Å²) in [6.07, 6.45) is 3.50. The lowest BCUT2D eigenvalue weighted by molar-refractivity contribution is -0.121. The summed E-state index contributed by atoms with van der Waals surface area (Å²) >= 11 is 0. The molecule has 1 N–H and O–H groups in total. The number of carbonyl (C=O) groups excluding carboxylic acids is 1. The van der Waals surface area contributed by atoms with Gasteiger partial charge in [0.1, 0.15) is 0 Å². The van der Waals surface area contributed by atoms with Crippen LogP contribution in [0.3, 0.4) is 0 Å². The van der Waals surface area contributed by atoms with E-state index in [1.54, 1.807) is 6.20 Å². The van der Waals surface area contributed by atoms with Crippen molar-refractivity contribution in [1.29, 1.82) is 0 Å². The van der Waals surface area contributed by atoms with Gasteiger partial charge in [-0.15, -0.1) is 5.10 Å². The summed E-state index contributed by atoms with van der Waals surface area (Å²) in [6.45, 7) is 1.88. The summed E-state index contributed by atoms with van der Waals surface area (Å²) in [5.41, 5.74) is 1.29. The van der Waals surface area contributed by atoms with Gasteiger partial charge in [0.25, 0.3) is 0 Å². The minimum Gasteiger partial charge on any atom is -0.326 e. The summed E-state index contributed by atoms with van der Waals surface area (Å²) in [5.74, 6) is -0.0556. The number of aromatic nitrogens is 3. The number of para-hydroxylation sites is 1. The second kappa shape index (κ2) is 7.13. The van der Waals surface area contributed by atoms with Gasteiger partial charge in [-0.05, 0) is 43.7 Å². The fourth-order valence-electron chi connectivity index (χ4n) is 3.41. The van der Waals surface area contributed by atoms with Crippen molar-refractivity contribution in [2.45, 2.75) is 19.5 Å². The zero-order chi connectivity index (χ0) is 17.9. The third kappa shape index (κ3) is 3.39. The maximum atomic E-state index is 12.5. The first-order valence-corrected chi connectivity index (χ1v) is 8.83. The molecule has 0 saturated carbocycles. The SMILES string of the molecule is O=C(Nc1ccccc1)[C@H]1CCCN(Cn2nc3ccccn3c2=O)C1. The highest BCUT2D eigenvalue weighted by atomic mass is 16.2. The number of nitrogens with zero attached hydrogens (tertiary/aromatic N) is 4. The van der Waals surface area contributed by atoms with Crippen LogP contribution in [0.4, 0.5) is 5.69 Å². The molecule has 1 saturated heterocycles. The molecule has 0 spiro atoms. The third-order valence-electron chi connectivity index (χ3n) is 4.74. The van der Waals surface area contributed by atoms with Crippen molar-refractivity contribution >= 4 is 17.2 Å². The molecule has 0 aliphatic carbocycles. The average molecular weight is 351 g/mol. The number of hydrogen-bond acceptors (Lipinski definition) is 4. The van der Waals surface area contributed by atoms with Crippen molar-refractivity contribution < 1.29 is 4.79 Å². The average Bonchev–Trinajstić information content (AvgIpc) is 2.99. The van der Waals surface area contributed by atoms with E-state index in [2.05, 4.69) is 15.3 Å². The molecular formula is C19H21N5O2. The number of nitrogens with one attached hydrogen (secondary N) is 1. The van der Waals surface area contributed by atoms with Crippen LogP contribution >= 0.6 is 0 Å². The maximum Gasteiger partial charge on any atom is 0.351 e. The van der Waals surface area contributed by atoms with E-state index in [-0.39, 0.29) is 17.5 Å². The summed E-state index contributed by atoms with van der Waals surface area (Å²) in [4.78, 5) is 27.1. The molecule has 1 amide bonds. The van der Waals surface area contributed by atoms with Crippen molar-refractivity contribution in [3.63, 3.8) is 0 Å². The van der Waals surface area contributed by atoms with Gasteiger partial charge < -0.3 is 5.32 Å². The fourth-order valence-corrected chi connectivity index (χ4v) is 3.41. The van der Waals surface area contributed by atoms with E-state index in [1.807, 2.05) is 48.5 Å². The molecule has 2 aromatic heterocycles. The lowest BCUT2D eigenvalue weighted by Crippen LogP contribution is -2.43. The van der Waals surface area contributed by atoms with Crippen LogP contribution in [0.25, 0.3) is 5.65 Å². The molecule has 4 rings (SSSR count). The van der Waals surface area contributed by atoms with Crippen LogP contribution in [-0.2, 0) is 11.5 Å². The predicted octanol–water partition coefficient (Wildman–Crippen LogP) is 1.80. The monoisotopic (exact) mass is 351 g/mol. The number of piperidine rings is 1. The van der Waals surface area contributed by atoms with Crippen molar-refractivity contribution in [3.05, 3.63) is 65.2 Å². The molecule has 1 atom stereocenters. The second-order valence-electron chi connectivity index (χ2n) is 6.62. The summed E-state index contributed by atoms with van der Waals surface area (Å²) in [6, 6.07) is 15.0. The fraction of sp³-hybridized carbons (Fsp3) is 0.316. The van der Waals surface area contributed by atoms with Gasteiger partial charge in [-0.2, -0.15) is 4.68 Å². The first-order valence-electron chi connectivity index (χ1n) is 8.83. The van der Waals surface area contributed by atoms with Gasteiger partial charge in [0.2, 0.25) is 5.91 Å². The zero-order valence-electron chi connectivity index (χ0n) is 14.4. The van der Waals surface area contributed by atoms with Crippen LogP contribution in [0.1, 0.15) is 12.8 Å². The molecule has 0 unspecified atom stereocenters. The smallest absolute Gasteiger partial charge is 0.326 e. The minimum absolute atomic E-state index is 0.0308. The molecule has 1 aliphatic rings. The molecule has 3 heterocycles. The number of rotatable bonds is 4. The Morgan fingerprint density at radius 3 is 2.77 bits per heavy atom. The molecule has 7 heteroatoms. The lowest BCUT2D eigenvalue weighted by Gasteiger charge is -2.31. The lowest BCUT2D eigenvalue weighted by atomic mass is 9.97. The molecule has 26 heavy (non-hydrogen) atoms. The van der Waals surface area contributed by atoms with E-state index in [9.17, 15) is 9.59 Å². The molecule has 3 aromatic rings. The highest BCUT2D eigenvalue weighted by Crippen LogP contribution is 2.19. The quantitative estimate of drug-likeness (QED) is 0.778. The Labute approximate surface area is 150 Å². The van der Waals surface area contributed by atoms with Crippen molar-refractivity contribution in [1.82, 2.24) is 19.1 Å². The van der Waals surface area contributed by atoms with Crippen LogP contribution in [0, 0.1) is 5.92 Å². The van der Waals surface area contributed by atoms with Gasteiger partial charge in [-0.25, -0.2) is 4.79 Å². The molecular weight excluding hydrogens is 330 g/mol. The van der Waals surface area contributed by atoms with E-state index < -0.39 is 0 Å². The number of pyridine rings is 1. The van der Waals surface area contributed by atoms with E-state index in [4.69, 9.17) is 0 Å². The molecule has 1 aliphatic heterocycles. The van der Waals surface area contributed by atoms with Gasteiger partial charge in [0, 0.05) is 18.4 Å². The van der Waals surface area contributed by atoms with Gasteiger partial charge in [0.05, 0.1) is 12.6 Å². The standard InChI is InChI=1S/C19H21N5O2/c25-18(20-16-8-2-1-3-9-16)15-7-6-11-22(13-15)14-24-19(26)23-12-5-4-10-17(23)21-24/h1-5,8-10,12,15H,6-7,11,13-14H2,(H,20,25)/t15-/m0/s1. The van der Waals surface area contributed by atoms with Crippen molar-refractivity contribution in [2.75, 3.05) is 18.4 Å². The Balaban J connectivity index is 1.44. The number of benzene rings is 1. The van der Waals surface area contributed by atoms with Crippen LogP contribution < -0.4 is 11.0 Å². The normalized spacial score (nSPS) is 18.1. The topological polar surface area (TPSA) is 71.6 Å². The van der Waals surface area contributed by atoms with E-state index in [1.165, 1.54) is 9.08 Å². The summed E-state index contributed by atoms with van der Waals surface area (Å²) in [7, 11) is 0. The van der Waals surface area contributed by atoms with E-state index in [0.717, 1.165) is 25.1 Å². The number of fused-ring (bicyclic) bond motifs is 1. The zero-order valence-corrected chi connectivity index (χ0v) is 14.4. The predicted molar refractivity (Wildman–Crippen MR) is 98.8 cm³/mol. The highest BCUT2D eigenvalue weighted by molar-refractivity contribution is 5.92. The molecule has 1 fully saturated rings. The number of anilines is 1.